The van der Waals surface area contributed by atoms with Crippen LogP contribution in [0.2, 0.25) is 0 Å². The first-order valence-corrected chi connectivity index (χ1v) is 9.63. The maximum absolute atomic E-state index is 8.73. The lowest BCUT2D eigenvalue weighted by atomic mass is 10.1. The van der Waals surface area contributed by atoms with Crippen LogP contribution in [0.3, 0.4) is 0 Å². The molecule has 0 bridgehead atoms. The van der Waals surface area contributed by atoms with Gasteiger partial charge in [0.2, 0.25) is 6.33 Å². The number of hydrogen-bond donors (Lipinski definition) is 2. The Labute approximate surface area is 142 Å². The standard InChI is InChI=1S/C19H37N2O2/c22-17-11-7-3-1-5-9-13-20-15-16-21(19-20)14-10-6-2-4-8-12-18-23/h15-16,19,22-23H,1-14,17-18H2/q+1. The first-order valence-electron chi connectivity index (χ1n) is 9.63. The van der Waals surface area contributed by atoms with E-state index in [1.165, 1.54) is 64.2 Å². The third kappa shape index (κ3) is 11.3. The SMILES string of the molecule is OCCCCCCCCn1cc[n+](CCCCCCCCO)c1. The van der Waals surface area contributed by atoms with Crippen LogP contribution >= 0.6 is 0 Å². The normalized spacial score (nSPS) is 11.2. The van der Waals surface area contributed by atoms with Crippen molar-refractivity contribution in [2.24, 2.45) is 0 Å². The predicted octanol–water partition coefficient (Wildman–Crippen LogP) is 3.44. The lowest BCUT2D eigenvalue weighted by molar-refractivity contribution is -0.696. The summed E-state index contributed by atoms with van der Waals surface area (Å²) >= 11 is 0. The lowest BCUT2D eigenvalue weighted by Gasteiger charge is -2.00. The highest BCUT2D eigenvalue weighted by Crippen LogP contribution is 2.07. The number of aliphatic hydroxyl groups is 2. The molecule has 0 fully saturated rings. The van der Waals surface area contributed by atoms with Gasteiger partial charge >= 0.3 is 0 Å². The molecule has 2 N–H and O–H groups in total. The van der Waals surface area contributed by atoms with E-state index in [2.05, 4.69) is 27.9 Å². The van der Waals surface area contributed by atoms with Crippen molar-refractivity contribution in [3.63, 3.8) is 0 Å². The zero-order valence-corrected chi connectivity index (χ0v) is 14.8. The second-order valence-electron chi connectivity index (χ2n) is 6.58. The maximum Gasteiger partial charge on any atom is 0.243 e. The van der Waals surface area contributed by atoms with Gasteiger partial charge in [0.25, 0.3) is 0 Å². The number of hydrogen-bond acceptors (Lipinski definition) is 2. The third-order valence-electron chi connectivity index (χ3n) is 4.40. The fourth-order valence-electron chi connectivity index (χ4n) is 2.93. The summed E-state index contributed by atoms with van der Waals surface area (Å²) in [6.07, 6.45) is 21.0. The minimum absolute atomic E-state index is 0.339. The molecule has 0 saturated heterocycles. The number of nitrogens with zero attached hydrogens (tertiary/aromatic N) is 2. The van der Waals surface area contributed by atoms with Gasteiger partial charge in [-0.25, -0.2) is 9.13 Å². The first-order chi connectivity index (χ1) is 11.4. The van der Waals surface area contributed by atoms with Crippen LogP contribution in [0, 0.1) is 0 Å². The van der Waals surface area contributed by atoms with Crippen molar-refractivity contribution < 1.29 is 14.8 Å². The highest BCUT2D eigenvalue weighted by Gasteiger charge is 2.03. The molecule has 0 unspecified atom stereocenters. The van der Waals surface area contributed by atoms with Crippen molar-refractivity contribution in [2.45, 2.75) is 90.1 Å². The Kier molecular flexibility index (Phi) is 12.9. The molecule has 0 aromatic carbocycles. The molecule has 0 aliphatic rings. The summed E-state index contributed by atoms with van der Waals surface area (Å²) in [5.41, 5.74) is 0. The molecule has 1 rings (SSSR count). The maximum atomic E-state index is 8.73. The smallest absolute Gasteiger partial charge is 0.243 e. The van der Waals surface area contributed by atoms with Crippen LogP contribution in [0.4, 0.5) is 0 Å². The van der Waals surface area contributed by atoms with E-state index in [4.69, 9.17) is 10.2 Å². The van der Waals surface area contributed by atoms with Crippen LogP contribution in [-0.2, 0) is 13.1 Å². The van der Waals surface area contributed by atoms with E-state index >= 15 is 0 Å². The molecule has 0 spiro atoms. The Bertz CT molecular complexity index is 334. The van der Waals surface area contributed by atoms with Crippen molar-refractivity contribution in [1.82, 2.24) is 4.57 Å². The van der Waals surface area contributed by atoms with Gasteiger partial charge < -0.3 is 10.2 Å². The molecule has 0 aliphatic carbocycles. The molecule has 4 heteroatoms. The van der Waals surface area contributed by atoms with Crippen molar-refractivity contribution in [3.8, 4) is 0 Å². The second kappa shape index (κ2) is 14.7. The fourth-order valence-corrected chi connectivity index (χ4v) is 2.93. The van der Waals surface area contributed by atoms with E-state index in [1.807, 2.05) is 0 Å². The summed E-state index contributed by atoms with van der Waals surface area (Å²) in [7, 11) is 0. The summed E-state index contributed by atoms with van der Waals surface area (Å²) in [4.78, 5) is 0. The van der Waals surface area contributed by atoms with Crippen LogP contribution < -0.4 is 4.57 Å². The summed E-state index contributed by atoms with van der Waals surface area (Å²) < 4.78 is 4.60. The molecule has 4 nitrogen and oxygen atoms in total. The van der Waals surface area contributed by atoms with Crippen LogP contribution in [0.1, 0.15) is 77.0 Å². The second-order valence-corrected chi connectivity index (χ2v) is 6.58. The number of unbranched alkanes of at least 4 members (excludes halogenated alkanes) is 10. The van der Waals surface area contributed by atoms with Gasteiger partial charge in [0.15, 0.2) is 0 Å². The molecule has 0 aliphatic heterocycles. The molecule has 134 valence electrons. The van der Waals surface area contributed by atoms with Gasteiger partial charge in [-0.2, -0.15) is 0 Å². The monoisotopic (exact) mass is 325 g/mol. The van der Waals surface area contributed by atoms with Crippen molar-refractivity contribution in [2.75, 3.05) is 13.2 Å². The lowest BCUT2D eigenvalue weighted by Crippen LogP contribution is -2.30. The summed E-state index contributed by atoms with van der Waals surface area (Å²) in [5.74, 6) is 0. The minimum Gasteiger partial charge on any atom is -0.396 e. The van der Waals surface area contributed by atoms with Crippen molar-refractivity contribution >= 4 is 0 Å². The number of aryl methyl sites for hydroxylation is 2. The van der Waals surface area contributed by atoms with E-state index in [0.717, 1.165) is 25.9 Å². The highest BCUT2D eigenvalue weighted by atomic mass is 16.3. The number of aliphatic hydroxyl groups excluding tert-OH is 2. The van der Waals surface area contributed by atoms with E-state index < -0.39 is 0 Å². The number of imidazole rings is 1. The van der Waals surface area contributed by atoms with Gasteiger partial charge in [0, 0.05) is 13.2 Å². The zero-order chi connectivity index (χ0) is 16.6. The number of aromatic nitrogens is 2. The van der Waals surface area contributed by atoms with Crippen molar-refractivity contribution in [3.05, 3.63) is 18.7 Å². The largest absolute Gasteiger partial charge is 0.396 e. The Morgan fingerprint density at radius 2 is 1.17 bits per heavy atom. The first kappa shape index (κ1) is 20.2. The summed E-state index contributed by atoms with van der Waals surface area (Å²) in [6, 6.07) is 0. The Balaban J connectivity index is 1.97. The van der Waals surface area contributed by atoms with Gasteiger partial charge in [-0.1, -0.05) is 38.5 Å². The topological polar surface area (TPSA) is 49.3 Å². The molecule has 1 aromatic rings. The molecule has 1 heterocycles. The van der Waals surface area contributed by atoms with Crippen molar-refractivity contribution in [1.29, 1.82) is 0 Å². The average Bonchev–Trinajstić information content (AvgIpc) is 3.01. The molecule has 0 radical (unpaired) electrons. The van der Waals surface area contributed by atoms with Crippen LogP contribution in [0.25, 0.3) is 0 Å². The highest BCUT2D eigenvalue weighted by molar-refractivity contribution is 4.66. The van der Waals surface area contributed by atoms with Gasteiger partial charge in [0.05, 0.1) is 13.1 Å². The van der Waals surface area contributed by atoms with Crippen LogP contribution in [0.5, 0.6) is 0 Å². The predicted molar refractivity (Wildman–Crippen MR) is 94.2 cm³/mol. The van der Waals surface area contributed by atoms with Gasteiger partial charge in [-0.3, -0.25) is 0 Å². The average molecular weight is 326 g/mol. The molecule has 0 amide bonds. The minimum atomic E-state index is 0.339. The Hall–Kier alpha value is -0.870. The molecule has 23 heavy (non-hydrogen) atoms. The van der Waals surface area contributed by atoms with E-state index in [9.17, 15) is 0 Å². The van der Waals surface area contributed by atoms with Gasteiger partial charge in [0.1, 0.15) is 12.4 Å². The Morgan fingerprint density at radius 1 is 0.652 bits per heavy atom. The molecule has 0 atom stereocenters. The quantitative estimate of drug-likeness (QED) is 0.361. The van der Waals surface area contributed by atoms with Crippen LogP contribution in [-0.4, -0.2) is 28.0 Å². The molecule has 0 saturated carbocycles. The number of rotatable bonds is 16. The van der Waals surface area contributed by atoms with E-state index in [-0.39, 0.29) is 0 Å². The molecule has 1 aromatic heterocycles. The van der Waals surface area contributed by atoms with E-state index in [0.29, 0.717) is 13.2 Å². The summed E-state index contributed by atoms with van der Waals surface area (Å²) in [5, 5.41) is 17.5. The van der Waals surface area contributed by atoms with Gasteiger partial charge in [-0.05, 0) is 38.5 Å². The Morgan fingerprint density at radius 3 is 1.78 bits per heavy atom. The van der Waals surface area contributed by atoms with Crippen LogP contribution in [0.15, 0.2) is 18.7 Å². The molecular formula is C19H37N2O2+. The molecular weight excluding hydrogens is 288 g/mol. The third-order valence-corrected chi connectivity index (χ3v) is 4.40. The van der Waals surface area contributed by atoms with E-state index in [1.54, 1.807) is 0 Å². The fraction of sp³-hybridized carbons (Fsp3) is 0.842. The van der Waals surface area contributed by atoms with Gasteiger partial charge in [-0.15, -0.1) is 0 Å². The summed E-state index contributed by atoms with van der Waals surface area (Å²) in [6.45, 7) is 2.92. The zero-order valence-electron chi connectivity index (χ0n) is 14.8.